The van der Waals surface area contributed by atoms with Gasteiger partial charge in [-0.2, -0.15) is 5.10 Å². The van der Waals surface area contributed by atoms with Crippen molar-refractivity contribution in [2.45, 2.75) is 46.0 Å². The van der Waals surface area contributed by atoms with Crippen LogP contribution in [-0.4, -0.2) is 22.2 Å². The van der Waals surface area contributed by atoms with E-state index < -0.39 is 0 Å². The van der Waals surface area contributed by atoms with Crippen molar-refractivity contribution in [2.24, 2.45) is 5.92 Å². The fraction of sp³-hybridized carbons (Fsp3) is 0.474. The normalized spacial score (nSPS) is 12.1. The van der Waals surface area contributed by atoms with Gasteiger partial charge < -0.3 is 5.32 Å². The lowest BCUT2D eigenvalue weighted by molar-refractivity contribution is -0.125. The van der Waals surface area contributed by atoms with Gasteiger partial charge in [0.1, 0.15) is 0 Å². The number of para-hydroxylation sites is 1. The Balaban J connectivity index is 1.80. The number of rotatable bonds is 9. The summed E-state index contributed by atoms with van der Waals surface area (Å²) in [6.45, 7) is 4.92. The van der Waals surface area contributed by atoms with Crippen LogP contribution in [0, 0.1) is 5.92 Å². The largest absolute Gasteiger partial charge is 0.356 e. The summed E-state index contributed by atoms with van der Waals surface area (Å²) in [6, 6.07) is 10.0. The van der Waals surface area contributed by atoms with E-state index in [2.05, 4.69) is 24.3 Å². The number of hydrogen-bond acceptors (Lipinski definition) is 2. The number of benzene rings is 1. The van der Waals surface area contributed by atoms with Crippen LogP contribution >= 0.6 is 0 Å². The summed E-state index contributed by atoms with van der Waals surface area (Å²) >= 11 is 0. The third-order valence-electron chi connectivity index (χ3n) is 4.14. The molecule has 0 aliphatic rings. The van der Waals surface area contributed by atoms with Gasteiger partial charge in [-0.15, -0.1) is 0 Å². The number of nitrogens with zero attached hydrogens (tertiary/aromatic N) is 2. The average molecular weight is 313 g/mol. The molecule has 0 bridgehead atoms. The summed E-state index contributed by atoms with van der Waals surface area (Å²) in [7, 11) is 0. The molecule has 0 radical (unpaired) electrons. The standard InChI is InChI=1S/C19H27N3O/c1-3-5-9-17(4-2)19(23)20-13-12-16-14-21-22(15-16)18-10-7-6-8-11-18/h6-8,10-11,14-15,17H,3-5,9,12-13H2,1-2H3,(H,20,23). The maximum Gasteiger partial charge on any atom is 0.223 e. The zero-order chi connectivity index (χ0) is 16.5. The highest BCUT2D eigenvalue weighted by atomic mass is 16.1. The Morgan fingerprint density at radius 3 is 2.74 bits per heavy atom. The third kappa shape index (κ3) is 5.23. The molecule has 0 saturated carbocycles. The first kappa shape index (κ1) is 17.3. The average Bonchev–Trinajstić information content (AvgIpc) is 3.05. The van der Waals surface area contributed by atoms with Crippen LogP contribution in [0.25, 0.3) is 5.69 Å². The van der Waals surface area contributed by atoms with Crippen molar-refractivity contribution in [3.63, 3.8) is 0 Å². The summed E-state index contributed by atoms with van der Waals surface area (Å²) < 4.78 is 1.87. The van der Waals surface area contributed by atoms with E-state index in [0.29, 0.717) is 6.54 Å². The number of carbonyl (C=O) groups excluding carboxylic acids is 1. The molecule has 4 nitrogen and oxygen atoms in total. The van der Waals surface area contributed by atoms with Crippen LogP contribution < -0.4 is 5.32 Å². The maximum absolute atomic E-state index is 12.2. The first-order valence-corrected chi connectivity index (χ1v) is 8.61. The Morgan fingerprint density at radius 1 is 1.26 bits per heavy atom. The van der Waals surface area contributed by atoms with E-state index in [1.807, 2.05) is 47.4 Å². The van der Waals surface area contributed by atoms with Crippen LogP contribution in [0.4, 0.5) is 0 Å². The topological polar surface area (TPSA) is 46.9 Å². The van der Waals surface area contributed by atoms with Gasteiger partial charge in [0.15, 0.2) is 0 Å². The second kappa shape index (κ2) is 9.13. The van der Waals surface area contributed by atoms with E-state index in [9.17, 15) is 4.79 Å². The zero-order valence-corrected chi connectivity index (χ0v) is 14.2. The molecular weight excluding hydrogens is 286 g/mol. The molecule has 2 aromatic rings. The van der Waals surface area contributed by atoms with Crippen LogP contribution in [0.2, 0.25) is 0 Å². The number of carbonyl (C=O) groups is 1. The molecule has 23 heavy (non-hydrogen) atoms. The second-order valence-electron chi connectivity index (χ2n) is 5.92. The second-order valence-corrected chi connectivity index (χ2v) is 5.92. The van der Waals surface area contributed by atoms with E-state index >= 15 is 0 Å². The van der Waals surface area contributed by atoms with E-state index in [0.717, 1.165) is 43.4 Å². The minimum absolute atomic E-state index is 0.155. The van der Waals surface area contributed by atoms with Crippen LogP contribution in [0.3, 0.4) is 0 Å². The van der Waals surface area contributed by atoms with E-state index in [1.165, 1.54) is 0 Å². The Bertz CT molecular complexity index is 592. The van der Waals surface area contributed by atoms with Crippen molar-refractivity contribution >= 4 is 5.91 Å². The molecule has 1 heterocycles. The van der Waals surface area contributed by atoms with Crippen molar-refractivity contribution in [1.82, 2.24) is 15.1 Å². The van der Waals surface area contributed by atoms with Gasteiger partial charge >= 0.3 is 0 Å². The molecule has 0 spiro atoms. The Hall–Kier alpha value is -2.10. The number of aromatic nitrogens is 2. The molecule has 0 aliphatic carbocycles. The lowest BCUT2D eigenvalue weighted by atomic mass is 9.98. The quantitative estimate of drug-likeness (QED) is 0.766. The van der Waals surface area contributed by atoms with Gasteiger partial charge in [-0.3, -0.25) is 4.79 Å². The number of amides is 1. The highest BCUT2D eigenvalue weighted by Gasteiger charge is 2.15. The van der Waals surface area contributed by atoms with Crippen molar-refractivity contribution in [2.75, 3.05) is 6.54 Å². The van der Waals surface area contributed by atoms with Gasteiger partial charge in [0, 0.05) is 18.7 Å². The van der Waals surface area contributed by atoms with Gasteiger partial charge in [0.05, 0.1) is 11.9 Å². The van der Waals surface area contributed by atoms with Crippen LogP contribution in [0.15, 0.2) is 42.7 Å². The number of nitrogens with one attached hydrogen (secondary N) is 1. The van der Waals surface area contributed by atoms with Crippen LogP contribution in [-0.2, 0) is 11.2 Å². The van der Waals surface area contributed by atoms with E-state index in [-0.39, 0.29) is 11.8 Å². The predicted octanol–water partition coefficient (Wildman–Crippen LogP) is 3.75. The lowest BCUT2D eigenvalue weighted by Crippen LogP contribution is -2.32. The molecule has 0 saturated heterocycles. The van der Waals surface area contributed by atoms with Gasteiger partial charge in [-0.25, -0.2) is 4.68 Å². The van der Waals surface area contributed by atoms with Gasteiger partial charge in [-0.05, 0) is 37.0 Å². The van der Waals surface area contributed by atoms with Gasteiger partial charge in [0.2, 0.25) is 5.91 Å². The monoisotopic (exact) mass is 313 g/mol. The Labute approximate surface area is 138 Å². The predicted molar refractivity (Wildman–Crippen MR) is 93.6 cm³/mol. The molecule has 1 aromatic heterocycles. The molecule has 0 fully saturated rings. The third-order valence-corrected chi connectivity index (χ3v) is 4.14. The maximum atomic E-state index is 12.2. The summed E-state index contributed by atoms with van der Waals surface area (Å²) in [5.74, 6) is 0.346. The first-order valence-electron chi connectivity index (χ1n) is 8.61. The summed E-state index contributed by atoms with van der Waals surface area (Å²) in [5.41, 5.74) is 2.18. The van der Waals surface area contributed by atoms with E-state index in [4.69, 9.17) is 0 Å². The Kier molecular flexibility index (Phi) is 6.85. The van der Waals surface area contributed by atoms with Gasteiger partial charge in [-0.1, -0.05) is 44.9 Å². The molecule has 4 heteroatoms. The number of unbranched alkanes of at least 4 members (excludes halogenated alkanes) is 1. The molecule has 1 aromatic carbocycles. The van der Waals surface area contributed by atoms with Crippen molar-refractivity contribution in [1.29, 1.82) is 0 Å². The summed E-state index contributed by atoms with van der Waals surface area (Å²) in [5, 5.41) is 7.44. The lowest BCUT2D eigenvalue weighted by Gasteiger charge is -2.14. The fourth-order valence-electron chi connectivity index (χ4n) is 2.66. The molecule has 1 atom stereocenters. The molecule has 1 amide bonds. The highest BCUT2D eigenvalue weighted by molar-refractivity contribution is 5.78. The molecular formula is C19H27N3O. The Morgan fingerprint density at radius 2 is 2.04 bits per heavy atom. The molecule has 1 unspecified atom stereocenters. The fourth-order valence-corrected chi connectivity index (χ4v) is 2.66. The molecule has 124 valence electrons. The summed E-state index contributed by atoms with van der Waals surface area (Å²) in [4.78, 5) is 12.2. The van der Waals surface area contributed by atoms with Crippen LogP contribution in [0.5, 0.6) is 0 Å². The first-order chi connectivity index (χ1) is 11.2. The van der Waals surface area contributed by atoms with Crippen molar-refractivity contribution < 1.29 is 4.79 Å². The van der Waals surface area contributed by atoms with Crippen LogP contribution in [0.1, 0.15) is 45.1 Å². The smallest absolute Gasteiger partial charge is 0.223 e. The SMILES string of the molecule is CCCCC(CC)C(=O)NCCc1cnn(-c2ccccc2)c1. The number of hydrogen-bond donors (Lipinski definition) is 1. The molecule has 2 rings (SSSR count). The minimum atomic E-state index is 0.155. The van der Waals surface area contributed by atoms with Gasteiger partial charge in [0.25, 0.3) is 0 Å². The summed E-state index contributed by atoms with van der Waals surface area (Å²) in [6.07, 6.45) is 8.87. The highest BCUT2D eigenvalue weighted by Crippen LogP contribution is 2.12. The zero-order valence-electron chi connectivity index (χ0n) is 14.2. The molecule has 0 aliphatic heterocycles. The van der Waals surface area contributed by atoms with E-state index in [1.54, 1.807) is 0 Å². The minimum Gasteiger partial charge on any atom is -0.356 e. The molecule has 1 N–H and O–H groups in total. The van der Waals surface area contributed by atoms with Crippen molar-refractivity contribution in [3.05, 3.63) is 48.3 Å². The van der Waals surface area contributed by atoms with Crippen molar-refractivity contribution in [3.8, 4) is 5.69 Å².